The van der Waals surface area contributed by atoms with Gasteiger partial charge in [0.15, 0.2) is 0 Å². The molecule has 2 heteroatoms. The highest BCUT2D eigenvalue weighted by Crippen LogP contribution is 1.96. The first kappa shape index (κ1) is 6.92. The van der Waals surface area contributed by atoms with E-state index in [9.17, 15) is 0 Å². The Labute approximate surface area is 44.3 Å². The molecule has 0 aromatic carbocycles. The molecule has 0 unspecified atom stereocenters. The van der Waals surface area contributed by atoms with E-state index in [0.29, 0.717) is 12.5 Å². The van der Waals surface area contributed by atoms with Gasteiger partial charge in [0.25, 0.3) is 0 Å². The molecule has 0 spiro atoms. The molecular formula is C5H13NO. The molecule has 0 amide bonds. The summed E-state index contributed by atoms with van der Waals surface area (Å²) >= 11 is 0. The summed E-state index contributed by atoms with van der Waals surface area (Å²) in [4.78, 5) is 0. The second-order valence-corrected chi connectivity index (χ2v) is 2.05. The van der Waals surface area contributed by atoms with E-state index in [1.165, 1.54) is 0 Å². The summed E-state index contributed by atoms with van der Waals surface area (Å²) in [5.74, 6) is 0.296. The van der Waals surface area contributed by atoms with E-state index in [2.05, 4.69) is 0 Å². The molecule has 0 saturated carbocycles. The molecule has 2 nitrogen and oxygen atoms in total. The third-order valence-electron chi connectivity index (χ3n) is 1.01. The molecule has 0 aliphatic carbocycles. The van der Waals surface area contributed by atoms with Crippen molar-refractivity contribution < 1.29 is 5.11 Å². The molecule has 0 fully saturated rings. The fourth-order valence-electron chi connectivity index (χ4n) is 0.272. The van der Waals surface area contributed by atoms with Gasteiger partial charge in [-0.25, -0.2) is 0 Å². The molecule has 0 aromatic heterocycles. The Bertz CT molecular complexity index is 45.3. The molecule has 0 radical (unpaired) electrons. The quantitative estimate of drug-likeness (QED) is 0.515. The van der Waals surface area contributed by atoms with Gasteiger partial charge in [-0.05, 0) is 5.92 Å². The van der Waals surface area contributed by atoms with Crippen LogP contribution < -0.4 is 5.73 Å². The van der Waals surface area contributed by atoms with Gasteiger partial charge in [0.1, 0.15) is 0 Å². The highest BCUT2D eigenvalue weighted by Gasteiger charge is 2.03. The van der Waals surface area contributed by atoms with Crippen LogP contribution in [0.4, 0.5) is 0 Å². The zero-order chi connectivity index (χ0) is 5.86. The molecule has 7 heavy (non-hydrogen) atoms. The van der Waals surface area contributed by atoms with Crippen molar-refractivity contribution in [2.24, 2.45) is 11.7 Å². The minimum absolute atomic E-state index is 0.296. The van der Waals surface area contributed by atoms with Gasteiger partial charge in [0.05, 0.1) is 6.10 Å². The number of rotatable bonds is 2. The van der Waals surface area contributed by atoms with Crippen molar-refractivity contribution >= 4 is 0 Å². The average Bonchev–Trinajstić information content (AvgIpc) is 1.65. The summed E-state index contributed by atoms with van der Waals surface area (Å²) in [5.41, 5.74) is 5.12. The molecule has 0 rings (SSSR count). The number of nitrogens with two attached hydrogens (primary N) is 1. The van der Waals surface area contributed by atoms with E-state index < -0.39 is 0 Å². The Kier molecular flexibility index (Phi) is 2.96. The highest BCUT2D eigenvalue weighted by molar-refractivity contribution is 4.57. The Morgan fingerprint density at radius 2 is 2.00 bits per heavy atom. The fraction of sp³-hybridized carbons (Fsp3) is 1.00. The molecule has 0 aromatic rings. The Hall–Kier alpha value is -0.0800. The molecule has 0 aliphatic rings. The van der Waals surface area contributed by atoms with Crippen molar-refractivity contribution in [3.63, 3.8) is 0 Å². The van der Waals surface area contributed by atoms with E-state index in [4.69, 9.17) is 10.8 Å². The second-order valence-electron chi connectivity index (χ2n) is 2.05. The summed E-state index contributed by atoms with van der Waals surface area (Å²) < 4.78 is 0. The lowest BCUT2D eigenvalue weighted by Crippen LogP contribution is -2.24. The fourth-order valence-corrected chi connectivity index (χ4v) is 0.272. The van der Waals surface area contributed by atoms with Crippen molar-refractivity contribution in [1.29, 1.82) is 0 Å². The first-order chi connectivity index (χ1) is 3.18. The maximum absolute atomic E-state index is 8.81. The SMILES string of the molecule is CC(C)[C@@H](O)CN. The molecule has 0 saturated heterocycles. The van der Waals surface area contributed by atoms with Crippen LogP contribution in [0, 0.1) is 5.92 Å². The largest absolute Gasteiger partial charge is 0.392 e. The van der Waals surface area contributed by atoms with E-state index in [0.717, 1.165) is 0 Å². The van der Waals surface area contributed by atoms with E-state index in [1.54, 1.807) is 0 Å². The van der Waals surface area contributed by atoms with Gasteiger partial charge in [-0.2, -0.15) is 0 Å². The standard InChI is InChI=1S/C5H13NO/c1-4(2)5(7)3-6/h4-5,7H,3,6H2,1-2H3/t5-/m0/s1. The van der Waals surface area contributed by atoms with Gasteiger partial charge in [-0.15, -0.1) is 0 Å². The van der Waals surface area contributed by atoms with Crippen molar-refractivity contribution in [3.8, 4) is 0 Å². The van der Waals surface area contributed by atoms with E-state index in [-0.39, 0.29) is 6.10 Å². The number of hydrogen-bond donors (Lipinski definition) is 2. The maximum Gasteiger partial charge on any atom is 0.0685 e. The van der Waals surface area contributed by atoms with Crippen molar-refractivity contribution in [3.05, 3.63) is 0 Å². The van der Waals surface area contributed by atoms with Crippen LogP contribution in [-0.4, -0.2) is 17.8 Å². The first-order valence-electron chi connectivity index (χ1n) is 2.56. The van der Waals surface area contributed by atoms with Gasteiger partial charge in [-0.1, -0.05) is 13.8 Å². The summed E-state index contributed by atoms with van der Waals surface area (Å²) in [6.07, 6.45) is -0.319. The third kappa shape index (κ3) is 2.60. The predicted octanol–water partition coefficient (Wildman–Crippen LogP) is -0.0380. The normalized spacial score (nSPS) is 15.0. The third-order valence-corrected chi connectivity index (χ3v) is 1.01. The molecule has 0 bridgehead atoms. The summed E-state index contributed by atoms with van der Waals surface area (Å²) in [5, 5.41) is 8.81. The van der Waals surface area contributed by atoms with Crippen LogP contribution in [0.3, 0.4) is 0 Å². The number of aliphatic hydroxyl groups excluding tert-OH is 1. The Morgan fingerprint density at radius 1 is 1.57 bits per heavy atom. The van der Waals surface area contributed by atoms with E-state index in [1.807, 2.05) is 13.8 Å². The Balaban J connectivity index is 3.14. The first-order valence-corrected chi connectivity index (χ1v) is 2.56. The molecule has 44 valence electrons. The lowest BCUT2D eigenvalue weighted by atomic mass is 10.1. The lowest BCUT2D eigenvalue weighted by Gasteiger charge is -2.09. The van der Waals surface area contributed by atoms with Crippen LogP contribution in [-0.2, 0) is 0 Å². The monoisotopic (exact) mass is 103 g/mol. The molecule has 0 aliphatic heterocycles. The lowest BCUT2D eigenvalue weighted by molar-refractivity contribution is 0.133. The number of hydrogen-bond acceptors (Lipinski definition) is 2. The predicted molar refractivity (Wildman–Crippen MR) is 29.9 cm³/mol. The average molecular weight is 103 g/mol. The zero-order valence-corrected chi connectivity index (χ0v) is 4.89. The smallest absolute Gasteiger partial charge is 0.0685 e. The van der Waals surface area contributed by atoms with Crippen LogP contribution in [0.5, 0.6) is 0 Å². The van der Waals surface area contributed by atoms with Crippen molar-refractivity contribution in [2.45, 2.75) is 20.0 Å². The van der Waals surface area contributed by atoms with Gasteiger partial charge >= 0.3 is 0 Å². The van der Waals surface area contributed by atoms with Gasteiger partial charge in [0.2, 0.25) is 0 Å². The van der Waals surface area contributed by atoms with E-state index >= 15 is 0 Å². The molecule has 0 heterocycles. The Morgan fingerprint density at radius 3 is 2.00 bits per heavy atom. The highest BCUT2D eigenvalue weighted by atomic mass is 16.3. The van der Waals surface area contributed by atoms with Crippen molar-refractivity contribution in [1.82, 2.24) is 0 Å². The van der Waals surface area contributed by atoms with Gasteiger partial charge in [-0.3, -0.25) is 0 Å². The van der Waals surface area contributed by atoms with Gasteiger partial charge in [0, 0.05) is 6.54 Å². The number of aliphatic hydroxyl groups is 1. The van der Waals surface area contributed by atoms with Crippen LogP contribution in [0.25, 0.3) is 0 Å². The molecule has 1 atom stereocenters. The minimum atomic E-state index is -0.319. The minimum Gasteiger partial charge on any atom is -0.392 e. The van der Waals surface area contributed by atoms with Crippen molar-refractivity contribution in [2.75, 3.05) is 6.54 Å². The summed E-state index contributed by atoms with van der Waals surface area (Å²) in [7, 11) is 0. The van der Waals surface area contributed by atoms with Crippen LogP contribution in [0.1, 0.15) is 13.8 Å². The topological polar surface area (TPSA) is 46.2 Å². The molecular weight excluding hydrogens is 90.1 g/mol. The zero-order valence-electron chi connectivity index (χ0n) is 4.89. The summed E-state index contributed by atoms with van der Waals surface area (Å²) in [6.45, 7) is 4.26. The van der Waals surface area contributed by atoms with Crippen LogP contribution in [0.15, 0.2) is 0 Å². The maximum atomic E-state index is 8.81. The van der Waals surface area contributed by atoms with Crippen LogP contribution in [0.2, 0.25) is 0 Å². The van der Waals surface area contributed by atoms with Crippen LogP contribution >= 0.6 is 0 Å². The summed E-state index contributed by atoms with van der Waals surface area (Å²) in [6, 6.07) is 0. The molecule has 3 N–H and O–H groups in total. The second kappa shape index (κ2) is 2.99. The van der Waals surface area contributed by atoms with Gasteiger partial charge < -0.3 is 10.8 Å².